The Morgan fingerprint density at radius 3 is 2.67 bits per heavy atom. The predicted octanol–water partition coefficient (Wildman–Crippen LogP) is 2.62. The molecule has 1 aromatic rings. The Hall–Kier alpha value is -0.900. The van der Waals surface area contributed by atoms with E-state index >= 15 is 0 Å². The number of hydrogen-bond acceptors (Lipinski definition) is 3. The Balaban J connectivity index is 2.07. The molecule has 1 aliphatic rings. The summed E-state index contributed by atoms with van der Waals surface area (Å²) in [7, 11) is 0. The summed E-state index contributed by atoms with van der Waals surface area (Å²) in [4.78, 5) is 0. The molecule has 1 unspecified atom stereocenters. The molecule has 18 heavy (non-hydrogen) atoms. The minimum Gasteiger partial charge on any atom is -0.381 e. The summed E-state index contributed by atoms with van der Waals surface area (Å²) >= 11 is 0. The quantitative estimate of drug-likeness (QED) is 0.636. The van der Waals surface area contributed by atoms with E-state index in [1.54, 1.807) is 0 Å². The van der Waals surface area contributed by atoms with E-state index in [1.807, 2.05) is 0 Å². The molecule has 100 valence electrons. The Bertz CT molecular complexity index is 386. The SMILES string of the molecule is Cc1ccc(C(CC2CCOCC2)NN)c(C)c1. The lowest BCUT2D eigenvalue weighted by atomic mass is 9.88. The minimum absolute atomic E-state index is 0.258. The fourth-order valence-corrected chi connectivity index (χ4v) is 2.82. The Labute approximate surface area is 110 Å². The first kappa shape index (κ1) is 13.5. The monoisotopic (exact) mass is 248 g/mol. The summed E-state index contributed by atoms with van der Waals surface area (Å²) in [6.45, 7) is 6.08. The molecule has 1 aliphatic heterocycles. The third-order valence-corrected chi connectivity index (χ3v) is 3.91. The zero-order chi connectivity index (χ0) is 13.0. The average Bonchev–Trinajstić information content (AvgIpc) is 2.38. The van der Waals surface area contributed by atoms with Gasteiger partial charge >= 0.3 is 0 Å². The van der Waals surface area contributed by atoms with Crippen molar-refractivity contribution in [2.45, 2.75) is 39.2 Å². The molecule has 0 aromatic heterocycles. The maximum absolute atomic E-state index is 5.75. The van der Waals surface area contributed by atoms with Gasteiger partial charge in [-0.15, -0.1) is 0 Å². The topological polar surface area (TPSA) is 47.3 Å². The van der Waals surface area contributed by atoms with E-state index in [4.69, 9.17) is 10.6 Å². The highest BCUT2D eigenvalue weighted by Gasteiger charge is 2.20. The van der Waals surface area contributed by atoms with Crippen molar-refractivity contribution in [1.82, 2.24) is 5.43 Å². The maximum atomic E-state index is 5.75. The first-order valence-corrected chi connectivity index (χ1v) is 6.81. The van der Waals surface area contributed by atoms with Crippen LogP contribution in [0.4, 0.5) is 0 Å². The van der Waals surface area contributed by atoms with Crippen LogP contribution < -0.4 is 11.3 Å². The first-order valence-electron chi connectivity index (χ1n) is 6.81. The summed E-state index contributed by atoms with van der Waals surface area (Å²) < 4.78 is 5.41. The van der Waals surface area contributed by atoms with E-state index in [1.165, 1.54) is 16.7 Å². The maximum Gasteiger partial charge on any atom is 0.0468 e. The summed E-state index contributed by atoms with van der Waals surface area (Å²) in [5.41, 5.74) is 6.94. The van der Waals surface area contributed by atoms with E-state index in [2.05, 4.69) is 37.5 Å². The van der Waals surface area contributed by atoms with Crippen LogP contribution >= 0.6 is 0 Å². The molecule has 1 saturated heterocycles. The van der Waals surface area contributed by atoms with Gasteiger partial charge in [0.25, 0.3) is 0 Å². The predicted molar refractivity (Wildman–Crippen MR) is 74.1 cm³/mol. The number of nitrogens with one attached hydrogen (secondary N) is 1. The number of hydrogen-bond donors (Lipinski definition) is 2. The van der Waals surface area contributed by atoms with Crippen molar-refractivity contribution in [3.05, 3.63) is 34.9 Å². The molecular formula is C15H24N2O. The van der Waals surface area contributed by atoms with Crippen molar-refractivity contribution in [2.75, 3.05) is 13.2 Å². The molecule has 1 fully saturated rings. The van der Waals surface area contributed by atoms with Gasteiger partial charge in [-0.25, -0.2) is 0 Å². The zero-order valence-corrected chi connectivity index (χ0v) is 11.4. The molecule has 1 aromatic carbocycles. The Morgan fingerprint density at radius 2 is 2.06 bits per heavy atom. The van der Waals surface area contributed by atoms with Crippen LogP contribution in [0, 0.1) is 19.8 Å². The largest absolute Gasteiger partial charge is 0.381 e. The lowest BCUT2D eigenvalue weighted by molar-refractivity contribution is 0.0605. The molecule has 1 atom stereocenters. The van der Waals surface area contributed by atoms with E-state index in [0.29, 0.717) is 0 Å². The van der Waals surface area contributed by atoms with E-state index < -0.39 is 0 Å². The third-order valence-electron chi connectivity index (χ3n) is 3.91. The smallest absolute Gasteiger partial charge is 0.0468 e. The van der Waals surface area contributed by atoms with Gasteiger partial charge in [0.2, 0.25) is 0 Å². The number of hydrazine groups is 1. The average molecular weight is 248 g/mol. The second-order valence-corrected chi connectivity index (χ2v) is 5.37. The van der Waals surface area contributed by atoms with Crippen LogP contribution in [0.2, 0.25) is 0 Å². The fraction of sp³-hybridized carbons (Fsp3) is 0.600. The fourth-order valence-electron chi connectivity index (χ4n) is 2.82. The van der Waals surface area contributed by atoms with Gasteiger partial charge in [-0.2, -0.15) is 0 Å². The molecular weight excluding hydrogens is 224 g/mol. The number of rotatable bonds is 4. The second kappa shape index (κ2) is 6.32. The van der Waals surface area contributed by atoms with Crippen molar-refractivity contribution in [3.8, 4) is 0 Å². The van der Waals surface area contributed by atoms with Gasteiger partial charge in [0.1, 0.15) is 0 Å². The van der Waals surface area contributed by atoms with Crippen LogP contribution in [-0.4, -0.2) is 13.2 Å². The van der Waals surface area contributed by atoms with Gasteiger partial charge < -0.3 is 4.74 Å². The molecule has 3 N–H and O–H groups in total. The van der Waals surface area contributed by atoms with Gasteiger partial charge in [0.15, 0.2) is 0 Å². The molecule has 1 heterocycles. The van der Waals surface area contributed by atoms with Crippen molar-refractivity contribution >= 4 is 0 Å². The van der Waals surface area contributed by atoms with Crippen LogP contribution in [0.1, 0.15) is 42.0 Å². The van der Waals surface area contributed by atoms with Crippen LogP contribution in [0.15, 0.2) is 18.2 Å². The Morgan fingerprint density at radius 1 is 1.33 bits per heavy atom. The number of nitrogens with two attached hydrogens (primary N) is 1. The van der Waals surface area contributed by atoms with Crippen molar-refractivity contribution in [3.63, 3.8) is 0 Å². The molecule has 0 amide bonds. The van der Waals surface area contributed by atoms with Crippen LogP contribution in [0.25, 0.3) is 0 Å². The lowest BCUT2D eigenvalue weighted by Crippen LogP contribution is -2.31. The van der Waals surface area contributed by atoms with Crippen LogP contribution in [-0.2, 0) is 4.74 Å². The molecule has 0 saturated carbocycles. The second-order valence-electron chi connectivity index (χ2n) is 5.37. The van der Waals surface area contributed by atoms with Gasteiger partial charge in [-0.1, -0.05) is 23.8 Å². The van der Waals surface area contributed by atoms with Crippen LogP contribution in [0.5, 0.6) is 0 Å². The third kappa shape index (κ3) is 3.31. The van der Waals surface area contributed by atoms with Crippen molar-refractivity contribution in [1.29, 1.82) is 0 Å². The van der Waals surface area contributed by atoms with Gasteiger partial charge in [0, 0.05) is 19.3 Å². The lowest BCUT2D eigenvalue weighted by Gasteiger charge is -2.27. The van der Waals surface area contributed by atoms with Crippen molar-refractivity contribution in [2.24, 2.45) is 11.8 Å². The number of ether oxygens (including phenoxy) is 1. The highest BCUT2D eigenvalue weighted by Crippen LogP contribution is 2.29. The molecule has 2 rings (SSSR count). The normalized spacial score (nSPS) is 18.8. The number of aryl methyl sites for hydroxylation is 2. The molecule has 3 nitrogen and oxygen atoms in total. The van der Waals surface area contributed by atoms with E-state index in [9.17, 15) is 0 Å². The molecule has 0 spiro atoms. The number of benzene rings is 1. The minimum atomic E-state index is 0.258. The van der Waals surface area contributed by atoms with E-state index in [0.717, 1.165) is 38.4 Å². The van der Waals surface area contributed by atoms with Gasteiger partial charge in [-0.05, 0) is 50.2 Å². The molecule has 0 aliphatic carbocycles. The van der Waals surface area contributed by atoms with E-state index in [-0.39, 0.29) is 6.04 Å². The summed E-state index contributed by atoms with van der Waals surface area (Å²) in [6, 6.07) is 6.85. The Kier molecular flexibility index (Phi) is 4.75. The summed E-state index contributed by atoms with van der Waals surface area (Å²) in [5.74, 6) is 6.47. The van der Waals surface area contributed by atoms with Crippen LogP contribution in [0.3, 0.4) is 0 Å². The van der Waals surface area contributed by atoms with Gasteiger partial charge in [0.05, 0.1) is 0 Å². The molecule has 3 heteroatoms. The van der Waals surface area contributed by atoms with Crippen molar-refractivity contribution < 1.29 is 4.74 Å². The van der Waals surface area contributed by atoms with Gasteiger partial charge in [-0.3, -0.25) is 11.3 Å². The summed E-state index contributed by atoms with van der Waals surface area (Å²) in [6.07, 6.45) is 3.41. The molecule has 0 bridgehead atoms. The standard InChI is InChI=1S/C15H24N2O/c1-11-3-4-14(12(2)9-11)15(17-16)10-13-5-7-18-8-6-13/h3-4,9,13,15,17H,5-8,10,16H2,1-2H3. The highest BCUT2D eigenvalue weighted by molar-refractivity contribution is 5.32. The summed E-state index contributed by atoms with van der Waals surface area (Å²) in [5, 5.41) is 0. The molecule has 0 radical (unpaired) electrons. The zero-order valence-electron chi connectivity index (χ0n) is 11.4. The highest BCUT2D eigenvalue weighted by atomic mass is 16.5. The first-order chi connectivity index (χ1) is 8.70.